The maximum absolute atomic E-state index is 12.6. The molecular formula is C18H15N3O4S. The minimum atomic E-state index is -0.476. The number of hydrogen-bond donors (Lipinski definition) is 1. The summed E-state index contributed by atoms with van der Waals surface area (Å²) in [5.41, 5.74) is 0.823. The number of nitro benzene ring substituents is 1. The predicted octanol–water partition coefficient (Wildman–Crippen LogP) is 3.92. The lowest BCUT2D eigenvalue weighted by molar-refractivity contribution is -0.385. The molecule has 1 N–H and O–H groups in total. The zero-order valence-corrected chi connectivity index (χ0v) is 14.6. The van der Waals surface area contributed by atoms with E-state index in [1.165, 1.54) is 29.2 Å². The number of thioether (sulfide) groups is 1. The number of para-hydroxylation sites is 1. The third-order valence-corrected chi connectivity index (χ3v) is 4.69. The normalized spacial score (nSPS) is 17.3. The van der Waals surface area contributed by atoms with E-state index in [0.29, 0.717) is 27.9 Å². The van der Waals surface area contributed by atoms with E-state index in [9.17, 15) is 20.0 Å². The molecule has 1 aliphatic heterocycles. The van der Waals surface area contributed by atoms with Crippen LogP contribution in [0.2, 0.25) is 0 Å². The molecule has 26 heavy (non-hydrogen) atoms. The number of aliphatic imine (C=N–C) groups is 1. The molecule has 132 valence electrons. The second-order valence-electron chi connectivity index (χ2n) is 5.39. The van der Waals surface area contributed by atoms with E-state index in [1.807, 2.05) is 6.92 Å². The second kappa shape index (κ2) is 7.40. The van der Waals surface area contributed by atoms with Crippen LogP contribution in [0.25, 0.3) is 6.08 Å². The van der Waals surface area contributed by atoms with Crippen LogP contribution >= 0.6 is 11.8 Å². The van der Waals surface area contributed by atoms with Gasteiger partial charge >= 0.3 is 0 Å². The smallest absolute Gasteiger partial charge is 0.276 e. The molecule has 1 saturated heterocycles. The number of rotatable bonds is 4. The molecule has 7 nitrogen and oxygen atoms in total. The van der Waals surface area contributed by atoms with Gasteiger partial charge in [-0.2, -0.15) is 0 Å². The molecule has 0 radical (unpaired) electrons. The highest BCUT2D eigenvalue weighted by Crippen LogP contribution is 2.35. The summed E-state index contributed by atoms with van der Waals surface area (Å²) in [6, 6.07) is 12.7. The van der Waals surface area contributed by atoms with Crippen molar-refractivity contribution in [1.82, 2.24) is 4.90 Å². The number of benzene rings is 2. The fraction of sp³-hybridized carbons (Fsp3) is 0.111. The van der Waals surface area contributed by atoms with Crippen LogP contribution in [0.4, 0.5) is 11.4 Å². The summed E-state index contributed by atoms with van der Waals surface area (Å²) in [6.45, 7) is 2.24. The number of nitrogens with zero attached hydrogens (tertiary/aromatic N) is 3. The average Bonchev–Trinajstić information content (AvgIpc) is 2.90. The standard InChI is InChI=1S/C18H15N3O4S/c1-2-20-17(23)16(10-12-6-3-4-9-15(12)21(24)25)26-18(20)19-13-7-5-8-14(22)11-13/h3-11,22H,2H2,1H3/b16-10-,19-18?. The van der Waals surface area contributed by atoms with E-state index in [4.69, 9.17) is 0 Å². The Morgan fingerprint density at radius 2 is 2.04 bits per heavy atom. The SMILES string of the molecule is CCN1C(=O)/C(=C/c2ccccc2[N+](=O)[O-])SC1=Nc1cccc(O)c1. The van der Waals surface area contributed by atoms with Gasteiger partial charge in [-0.1, -0.05) is 18.2 Å². The van der Waals surface area contributed by atoms with Crippen molar-refractivity contribution < 1.29 is 14.8 Å². The third kappa shape index (κ3) is 3.60. The van der Waals surface area contributed by atoms with E-state index in [-0.39, 0.29) is 17.3 Å². The van der Waals surface area contributed by atoms with Crippen LogP contribution in [0.1, 0.15) is 12.5 Å². The summed E-state index contributed by atoms with van der Waals surface area (Å²) in [6.07, 6.45) is 1.51. The minimum Gasteiger partial charge on any atom is -0.508 e. The number of hydrogen-bond acceptors (Lipinski definition) is 6. The van der Waals surface area contributed by atoms with Crippen LogP contribution in [-0.4, -0.2) is 32.5 Å². The maximum Gasteiger partial charge on any atom is 0.276 e. The Morgan fingerprint density at radius 1 is 1.27 bits per heavy atom. The van der Waals surface area contributed by atoms with Crippen molar-refractivity contribution >= 4 is 40.3 Å². The molecule has 8 heteroatoms. The van der Waals surface area contributed by atoms with Gasteiger partial charge in [-0.05, 0) is 43.0 Å². The summed E-state index contributed by atoms with van der Waals surface area (Å²) in [7, 11) is 0. The number of phenols is 1. The molecule has 0 spiro atoms. The molecular weight excluding hydrogens is 354 g/mol. The zero-order valence-electron chi connectivity index (χ0n) is 13.8. The minimum absolute atomic E-state index is 0.0604. The first-order valence-corrected chi connectivity index (χ1v) is 8.64. The van der Waals surface area contributed by atoms with Crippen LogP contribution < -0.4 is 0 Å². The molecule has 0 saturated carbocycles. The van der Waals surface area contributed by atoms with Crippen molar-refractivity contribution in [2.45, 2.75) is 6.92 Å². The molecule has 3 rings (SSSR count). The Morgan fingerprint density at radius 3 is 2.73 bits per heavy atom. The molecule has 1 heterocycles. The Hall–Kier alpha value is -3.13. The van der Waals surface area contributed by atoms with E-state index in [1.54, 1.807) is 30.3 Å². The first-order chi connectivity index (χ1) is 12.5. The van der Waals surface area contributed by atoms with E-state index in [2.05, 4.69) is 4.99 Å². The maximum atomic E-state index is 12.6. The van der Waals surface area contributed by atoms with Crippen LogP contribution in [-0.2, 0) is 4.79 Å². The molecule has 0 aromatic heterocycles. The Kier molecular flexibility index (Phi) is 5.04. The number of carbonyl (C=O) groups is 1. The molecule has 2 aromatic carbocycles. The van der Waals surface area contributed by atoms with Gasteiger partial charge in [-0.3, -0.25) is 19.8 Å². The monoisotopic (exact) mass is 369 g/mol. The van der Waals surface area contributed by atoms with Gasteiger partial charge in [0, 0.05) is 18.7 Å². The van der Waals surface area contributed by atoms with Gasteiger partial charge in [-0.15, -0.1) is 0 Å². The number of nitro groups is 1. The van der Waals surface area contributed by atoms with Gasteiger partial charge in [0.25, 0.3) is 11.6 Å². The van der Waals surface area contributed by atoms with Crippen LogP contribution in [0.3, 0.4) is 0 Å². The molecule has 0 unspecified atom stereocenters. The largest absolute Gasteiger partial charge is 0.508 e. The first kappa shape index (κ1) is 17.7. The summed E-state index contributed by atoms with van der Waals surface area (Å²) < 4.78 is 0. The lowest BCUT2D eigenvalue weighted by Crippen LogP contribution is -2.28. The van der Waals surface area contributed by atoms with Gasteiger partial charge in [-0.25, -0.2) is 4.99 Å². The molecule has 1 fully saturated rings. The molecule has 1 amide bonds. The van der Waals surface area contributed by atoms with Crippen molar-refractivity contribution in [2.75, 3.05) is 6.54 Å². The number of amidine groups is 1. The summed E-state index contributed by atoms with van der Waals surface area (Å²) in [4.78, 5) is 29.6. The highest BCUT2D eigenvalue weighted by Gasteiger charge is 2.32. The summed E-state index contributed by atoms with van der Waals surface area (Å²) in [5.74, 6) is -0.172. The highest BCUT2D eigenvalue weighted by atomic mass is 32.2. The molecule has 1 aliphatic rings. The molecule has 0 atom stereocenters. The van der Waals surface area contributed by atoms with E-state index < -0.39 is 4.92 Å². The summed E-state index contributed by atoms with van der Waals surface area (Å²) in [5, 5.41) is 21.2. The van der Waals surface area contributed by atoms with Crippen molar-refractivity contribution in [3.8, 4) is 5.75 Å². The van der Waals surface area contributed by atoms with E-state index >= 15 is 0 Å². The van der Waals surface area contributed by atoms with Crippen molar-refractivity contribution in [2.24, 2.45) is 4.99 Å². The number of amides is 1. The van der Waals surface area contributed by atoms with Crippen LogP contribution in [0, 0.1) is 10.1 Å². The Labute approximate surface area is 153 Å². The fourth-order valence-electron chi connectivity index (χ4n) is 2.46. The van der Waals surface area contributed by atoms with Gasteiger partial charge < -0.3 is 5.11 Å². The highest BCUT2D eigenvalue weighted by molar-refractivity contribution is 8.18. The lowest BCUT2D eigenvalue weighted by atomic mass is 10.1. The van der Waals surface area contributed by atoms with Crippen molar-refractivity contribution in [3.05, 3.63) is 69.1 Å². The van der Waals surface area contributed by atoms with Crippen LogP contribution in [0.15, 0.2) is 58.4 Å². The topological polar surface area (TPSA) is 96.0 Å². The quantitative estimate of drug-likeness (QED) is 0.500. The number of aromatic hydroxyl groups is 1. The third-order valence-electron chi connectivity index (χ3n) is 3.68. The molecule has 0 aliphatic carbocycles. The zero-order chi connectivity index (χ0) is 18.7. The molecule has 2 aromatic rings. The Bertz CT molecular complexity index is 940. The first-order valence-electron chi connectivity index (χ1n) is 7.82. The number of phenolic OH excluding ortho intramolecular Hbond substituents is 1. The number of likely N-dealkylation sites (N-methyl/N-ethyl adjacent to an activating group) is 1. The van der Waals surface area contributed by atoms with Gasteiger partial charge in [0.1, 0.15) is 5.75 Å². The lowest BCUT2D eigenvalue weighted by Gasteiger charge is -2.11. The van der Waals surface area contributed by atoms with Crippen molar-refractivity contribution in [3.63, 3.8) is 0 Å². The summed E-state index contributed by atoms with van der Waals surface area (Å²) >= 11 is 1.15. The van der Waals surface area contributed by atoms with Gasteiger partial charge in [0.15, 0.2) is 5.17 Å². The average molecular weight is 369 g/mol. The fourth-order valence-corrected chi connectivity index (χ4v) is 3.51. The van der Waals surface area contributed by atoms with Crippen molar-refractivity contribution in [1.29, 1.82) is 0 Å². The number of carbonyl (C=O) groups excluding carboxylic acids is 1. The molecule has 0 bridgehead atoms. The van der Waals surface area contributed by atoms with Crippen LogP contribution in [0.5, 0.6) is 5.75 Å². The Balaban J connectivity index is 1.99. The predicted molar refractivity (Wildman–Crippen MR) is 101 cm³/mol. The van der Waals surface area contributed by atoms with E-state index in [0.717, 1.165) is 11.8 Å². The second-order valence-corrected chi connectivity index (χ2v) is 6.40. The van der Waals surface area contributed by atoms with Gasteiger partial charge in [0.05, 0.1) is 21.1 Å². The van der Waals surface area contributed by atoms with Gasteiger partial charge in [0.2, 0.25) is 0 Å².